The van der Waals surface area contributed by atoms with Crippen LogP contribution in [0.4, 0.5) is 4.39 Å². The van der Waals surface area contributed by atoms with Crippen LogP contribution in [0.2, 0.25) is 0 Å². The largest absolute Gasteiger partial charge is 0.395 e. The lowest BCUT2D eigenvalue weighted by molar-refractivity contribution is 0.0949. The molecule has 0 bridgehead atoms. The molecule has 1 aromatic rings. The van der Waals surface area contributed by atoms with Crippen LogP contribution >= 0.6 is 0 Å². The molecule has 0 heterocycles. The van der Waals surface area contributed by atoms with Crippen molar-refractivity contribution in [2.75, 3.05) is 13.2 Å². The van der Waals surface area contributed by atoms with Crippen LogP contribution in [0.1, 0.15) is 54.9 Å². The van der Waals surface area contributed by atoms with Gasteiger partial charge in [0, 0.05) is 18.5 Å². The Hall–Kier alpha value is -1.86. The van der Waals surface area contributed by atoms with Crippen molar-refractivity contribution in [2.24, 2.45) is 0 Å². The molecule has 1 amide bonds. The molecule has 0 aliphatic carbocycles. The lowest BCUT2D eigenvalue weighted by Gasteiger charge is -2.06. The number of hydrogen-bond donors (Lipinski definition) is 2. The average molecular weight is 291 g/mol. The molecule has 0 atom stereocenters. The molecule has 0 spiro atoms. The Morgan fingerprint density at radius 1 is 1.33 bits per heavy atom. The summed E-state index contributed by atoms with van der Waals surface area (Å²) >= 11 is 0. The third kappa shape index (κ3) is 6.42. The zero-order valence-corrected chi connectivity index (χ0v) is 12.4. The maximum absolute atomic E-state index is 13.7. The molecule has 0 aromatic heterocycles. The summed E-state index contributed by atoms with van der Waals surface area (Å²) in [6.45, 7) is 2.66. The summed E-state index contributed by atoms with van der Waals surface area (Å²) in [5, 5.41) is 11.4. The van der Waals surface area contributed by atoms with Crippen LogP contribution in [-0.2, 0) is 0 Å². The smallest absolute Gasteiger partial charge is 0.254 e. The second-order valence-corrected chi connectivity index (χ2v) is 4.79. The van der Waals surface area contributed by atoms with E-state index in [0.29, 0.717) is 18.5 Å². The molecular weight excluding hydrogens is 269 g/mol. The van der Waals surface area contributed by atoms with Crippen LogP contribution in [-0.4, -0.2) is 24.2 Å². The summed E-state index contributed by atoms with van der Waals surface area (Å²) in [7, 11) is 0. The van der Waals surface area contributed by atoms with Crippen molar-refractivity contribution in [3.8, 4) is 11.8 Å². The predicted molar refractivity (Wildman–Crippen MR) is 81.5 cm³/mol. The summed E-state index contributed by atoms with van der Waals surface area (Å²) in [5.41, 5.74) is 0.585. The van der Waals surface area contributed by atoms with E-state index in [0.717, 1.165) is 25.7 Å². The fourth-order valence-corrected chi connectivity index (χ4v) is 1.85. The summed E-state index contributed by atoms with van der Waals surface area (Å²) in [4.78, 5) is 11.9. The summed E-state index contributed by atoms with van der Waals surface area (Å²) < 4.78 is 13.7. The van der Waals surface area contributed by atoms with Gasteiger partial charge in [-0.25, -0.2) is 4.39 Å². The van der Waals surface area contributed by atoms with Gasteiger partial charge < -0.3 is 10.4 Å². The minimum atomic E-state index is -0.547. The first kappa shape index (κ1) is 17.2. The van der Waals surface area contributed by atoms with Gasteiger partial charge in [-0.05, 0) is 24.6 Å². The number of amides is 1. The van der Waals surface area contributed by atoms with Crippen LogP contribution in [0.5, 0.6) is 0 Å². The van der Waals surface area contributed by atoms with Gasteiger partial charge in [-0.1, -0.05) is 38.0 Å². The van der Waals surface area contributed by atoms with E-state index in [1.807, 2.05) is 0 Å². The SMILES string of the molecule is CCCCCCNC(=O)c1cc(C#CCCO)ccc1F. The van der Waals surface area contributed by atoms with E-state index < -0.39 is 11.7 Å². The molecule has 4 heteroatoms. The molecule has 3 nitrogen and oxygen atoms in total. The Labute approximate surface area is 125 Å². The number of aliphatic hydroxyl groups excluding tert-OH is 1. The topological polar surface area (TPSA) is 49.3 Å². The van der Waals surface area contributed by atoms with Crippen molar-refractivity contribution < 1.29 is 14.3 Å². The zero-order chi connectivity index (χ0) is 15.5. The lowest BCUT2D eigenvalue weighted by atomic mass is 10.1. The molecule has 1 aromatic carbocycles. The highest BCUT2D eigenvalue weighted by molar-refractivity contribution is 5.94. The van der Waals surface area contributed by atoms with Crippen LogP contribution in [0.25, 0.3) is 0 Å². The van der Waals surface area contributed by atoms with Crippen molar-refractivity contribution >= 4 is 5.91 Å². The second-order valence-electron chi connectivity index (χ2n) is 4.79. The molecule has 0 aliphatic heterocycles. The first-order valence-electron chi connectivity index (χ1n) is 7.36. The quantitative estimate of drug-likeness (QED) is 0.599. The van der Waals surface area contributed by atoms with Gasteiger partial charge in [-0.15, -0.1) is 0 Å². The number of benzene rings is 1. The third-order valence-corrected chi connectivity index (χ3v) is 3.00. The molecule has 0 fully saturated rings. The Morgan fingerprint density at radius 3 is 2.86 bits per heavy atom. The van der Waals surface area contributed by atoms with Crippen molar-refractivity contribution in [1.29, 1.82) is 0 Å². The molecule has 2 N–H and O–H groups in total. The Balaban J connectivity index is 2.62. The Bertz CT molecular complexity index is 517. The highest BCUT2D eigenvalue weighted by Gasteiger charge is 2.11. The van der Waals surface area contributed by atoms with Crippen molar-refractivity contribution in [2.45, 2.75) is 39.0 Å². The van der Waals surface area contributed by atoms with E-state index in [-0.39, 0.29) is 12.2 Å². The van der Waals surface area contributed by atoms with Crippen LogP contribution in [0, 0.1) is 17.7 Å². The van der Waals surface area contributed by atoms with Gasteiger partial charge in [0.1, 0.15) is 5.82 Å². The monoisotopic (exact) mass is 291 g/mol. The molecule has 1 rings (SSSR count). The number of aliphatic hydroxyl groups is 1. The third-order valence-electron chi connectivity index (χ3n) is 3.00. The van der Waals surface area contributed by atoms with Gasteiger partial charge in [0.15, 0.2) is 0 Å². The van der Waals surface area contributed by atoms with Crippen LogP contribution in [0.3, 0.4) is 0 Å². The number of nitrogens with one attached hydrogen (secondary N) is 1. The van der Waals surface area contributed by atoms with Gasteiger partial charge in [-0.2, -0.15) is 0 Å². The molecule has 21 heavy (non-hydrogen) atoms. The maximum Gasteiger partial charge on any atom is 0.254 e. The number of carbonyl (C=O) groups excluding carboxylic acids is 1. The number of rotatable bonds is 7. The minimum Gasteiger partial charge on any atom is -0.395 e. The molecule has 0 unspecified atom stereocenters. The molecule has 0 radical (unpaired) electrons. The van der Waals surface area contributed by atoms with Gasteiger partial charge in [0.2, 0.25) is 0 Å². The van der Waals surface area contributed by atoms with Crippen LogP contribution < -0.4 is 5.32 Å². The van der Waals surface area contributed by atoms with E-state index in [9.17, 15) is 9.18 Å². The van der Waals surface area contributed by atoms with E-state index in [1.165, 1.54) is 18.2 Å². The number of carbonyl (C=O) groups is 1. The molecule has 0 aliphatic rings. The summed E-state index contributed by atoms with van der Waals surface area (Å²) in [6.07, 6.45) is 4.59. The standard InChI is InChI=1S/C17H22FNO2/c1-2-3-4-6-11-19-17(21)15-13-14(8-5-7-12-20)9-10-16(15)18/h9-10,13,20H,2-4,6-7,11-12H2,1H3,(H,19,21). The van der Waals surface area contributed by atoms with Crippen molar-refractivity contribution in [3.63, 3.8) is 0 Å². The minimum absolute atomic E-state index is 0.0146. The highest BCUT2D eigenvalue weighted by Crippen LogP contribution is 2.10. The second kappa shape index (κ2) is 9.95. The zero-order valence-electron chi connectivity index (χ0n) is 12.4. The van der Waals surface area contributed by atoms with Gasteiger partial charge in [0.25, 0.3) is 5.91 Å². The normalized spacial score (nSPS) is 9.86. The van der Waals surface area contributed by atoms with E-state index in [2.05, 4.69) is 24.1 Å². The summed E-state index contributed by atoms with van der Waals surface area (Å²) in [6, 6.07) is 4.22. The Morgan fingerprint density at radius 2 is 2.14 bits per heavy atom. The highest BCUT2D eigenvalue weighted by atomic mass is 19.1. The maximum atomic E-state index is 13.7. The molecule has 0 saturated heterocycles. The number of halogens is 1. The molecule has 114 valence electrons. The predicted octanol–water partition coefficient (Wildman–Crippen LogP) is 2.87. The van der Waals surface area contributed by atoms with Gasteiger partial charge >= 0.3 is 0 Å². The van der Waals surface area contributed by atoms with E-state index in [1.54, 1.807) is 0 Å². The van der Waals surface area contributed by atoms with E-state index >= 15 is 0 Å². The summed E-state index contributed by atoms with van der Waals surface area (Å²) in [5.74, 6) is 4.59. The number of hydrogen-bond acceptors (Lipinski definition) is 2. The van der Waals surface area contributed by atoms with Gasteiger partial charge in [-0.3, -0.25) is 4.79 Å². The number of unbranched alkanes of at least 4 members (excludes halogenated alkanes) is 3. The lowest BCUT2D eigenvalue weighted by Crippen LogP contribution is -2.25. The fourth-order valence-electron chi connectivity index (χ4n) is 1.85. The van der Waals surface area contributed by atoms with Crippen LogP contribution in [0.15, 0.2) is 18.2 Å². The molecular formula is C17H22FNO2. The van der Waals surface area contributed by atoms with Crippen molar-refractivity contribution in [3.05, 3.63) is 35.1 Å². The van der Waals surface area contributed by atoms with E-state index in [4.69, 9.17) is 5.11 Å². The average Bonchev–Trinajstić information content (AvgIpc) is 2.48. The Kier molecular flexibility index (Phi) is 8.15. The van der Waals surface area contributed by atoms with Gasteiger partial charge in [0.05, 0.1) is 12.2 Å². The first-order valence-corrected chi connectivity index (χ1v) is 7.36. The first-order chi connectivity index (χ1) is 10.2. The molecule has 0 saturated carbocycles. The van der Waals surface area contributed by atoms with Crippen molar-refractivity contribution in [1.82, 2.24) is 5.32 Å². The fraction of sp³-hybridized carbons (Fsp3) is 0.471.